The van der Waals surface area contributed by atoms with Crippen LogP contribution in [0.15, 0.2) is 67.0 Å². The Kier molecular flexibility index (Phi) is 6.58. The van der Waals surface area contributed by atoms with Gasteiger partial charge in [-0.25, -0.2) is 4.98 Å². The van der Waals surface area contributed by atoms with Gasteiger partial charge in [-0.15, -0.1) is 0 Å². The number of hydrogen-bond acceptors (Lipinski definition) is 9. The number of hydrogen-bond donors (Lipinski definition) is 2. The van der Waals surface area contributed by atoms with Crippen LogP contribution in [-0.4, -0.2) is 60.0 Å². The molecule has 0 amide bonds. The number of nitrogens with zero attached hydrogens (tertiary/aromatic N) is 4. The molecule has 5 rings (SSSR count). The van der Waals surface area contributed by atoms with E-state index in [0.29, 0.717) is 11.8 Å². The minimum atomic E-state index is -0.223. The van der Waals surface area contributed by atoms with Crippen LogP contribution in [0, 0.1) is 0 Å². The molecular formula is C27H30N6O3. The van der Waals surface area contributed by atoms with Crippen LogP contribution in [0.25, 0.3) is 10.9 Å². The third-order valence-corrected chi connectivity index (χ3v) is 6.52. The molecule has 1 aliphatic carbocycles. The van der Waals surface area contributed by atoms with E-state index in [1.165, 1.54) is 0 Å². The lowest BCUT2D eigenvalue weighted by molar-refractivity contribution is -0.204. The van der Waals surface area contributed by atoms with Crippen LogP contribution in [0.3, 0.4) is 0 Å². The van der Waals surface area contributed by atoms with Crippen molar-refractivity contribution >= 4 is 34.0 Å². The maximum atomic E-state index is 6.10. The lowest BCUT2D eigenvalue weighted by Gasteiger charge is -2.50. The Morgan fingerprint density at radius 3 is 2.39 bits per heavy atom. The number of benzene rings is 2. The third-order valence-electron chi connectivity index (χ3n) is 6.52. The Labute approximate surface area is 210 Å². The Morgan fingerprint density at radius 1 is 0.889 bits per heavy atom. The molecule has 2 aromatic heterocycles. The van der Waals surface area contributed by atoms with Gasteiger partial charge < -0.3 is 24.8 Å². The van der Waals surface area contributed by atoms with Gasteiger partial charge in [0.05, 0.1) is 24.5 Å². The van der Waals surface area contributed by atoms with E-state index in [1.807, 2.05) is 68.7 Å². The van der Waals surface area contributed by atoms with Crippen LogP contribution >= 0.6 is 0 Å². The zero-order valence-corrected chi connectivity index (χ0v) is 20.9. The maximum absolute atomic E-state index is 6.10. The summed E-state index contributed by atoms with van der Waals surface area (Å²) in [5.41, 5.74) is 2.35. The SMILES string of the molecule is COc1ccc2cc(Nc3ccnc(Nc4ccc(OC5CC(OC)(N(C)C)C5)cc4)n3)cnc2c1. The van der Waals surface area contributed by atoms with Crippen molar-refractivity contribution < 1.29 is 14.2 Å². The van der Waals surface area contributed by atoms with Gasteiger partial charge in [-0.3, -0.25) is 9.88 Å². The Balaban J connectivity index is 1.20. The molecule has 9 heteroatoms. The number of anilines is 4. The highest BCUT2D eigenvalue weighted by molar-refractivity contribution is 5.83. The number of nitrogens with one attached hydrogen (secondary N) is 2. The molecule has 0 saturated heterocycles. The Hall–Kier alpha value is -3.95. The summed E-state index contributed by atoms with van der Waals surface area (Å²) in [5.74, 6) is 2.76. The summed E-state index contributed by atoms with van der Waals surface area (Å²) in [6.45, 7) is 0. The molecule has 0 aliphatic heterocycles. The molecule has 0 atom stereocenters. The summed E-state index contributed by atoms with van der Waals surface area (Å²) in [6.07, 6.45) is 5.30. The van der Waals surface area contributed by atoms with Gasteiger partial charge in [0.1, 0.15) is 29.1 Å². The molecule has 0 spiro atoms. The molecule has 1 saturated carbocycles. The van der Waals surface area contributed by atoms with E-state index in [-0.39, 0.29) is 11.8 Å². The first kappa shape index (κ1) is 23.8. The second-order valence-corrected chi connectivity index (χ2v) is 9.02. The van der Waals surface area contributed by atoms with Gasteiger partial charge in [0.2, 0.25) is 5.95 Å². The maximum Gasteiger partial charge on any atom is 0.229 e. The summed E-state index contributed by atoms with van der Waals surface area (Å²) in [7, 11) is 7.46. The van der Waals surface area contributed by atoms with Crippen molar-refractivity contribution in [3.8, 4) is 11.5 Å². The first-order chi connectivity index (χ1) is 17.5. The van der Waals surface area contributed by atoms with E-state index in [0.717, 1.165) is 46.6 Å². The van der Waals surface area contributed by atoms with Crippen LogP contribution < -0.4 is 20.1 Å². The molecule has 186 valence electrons. The minimum Gasteiger partial charge on any atom is -0.497 e. The van der Waals surface area contributed by atoms with Crippen LogP contribution in [0.5, 0.6) is 11.5 Å². The van der Waals surface area contributed by atoms with E-state index >= 15 is 0 Å². The first-order valence-electron chi connectivity index (χ1n) is 11.8. The van der Waals surface area contributed by atoms with Crippen molar-refractivity contribution in [3.05, 3.63) is 67.0 Å². The van der Waals surface area contributed by atoms with Crippen molar-refractivity contribution in [3.63, 3.8) is 0 Å². The summed E-state index contributed by atoms with van der Waals surface area (Å²) >= 11 is 0. The molecule has 1 fully saturated rings. The number of ether oxygens (including phenoxy) is 3. The average molecular weight is 487 g/mol. The normalized spacial score (nSPS) is 19.1. The van der Waals surface area contributed by atoms with Gasteiger partial charge in [-0.2, -0.15) is 4.98 Å². The predicted octanol–water partition coefficient (Wildman–Crippen LogP) is 4.97. The van der Waals surface area contributed by atoms with Crippen molar-refractivity contribution in [2.24, 2.45) is 0 Å². The first-order valence-corrected chi connectivity index (χ1v) is 11.8. The van der Waals surface area contributed by atoms with Gasteiger partial charge in [0.15, 0.2) is 0 Å². The van der Waals surface area contributed by atoms with Crippen molar-refractivity contribution in [1.82, 2.24) is 19.9 Å². The molecule has 1 aliphatic rings. The fraction of sp³-hybridized carbons (Fsp3) is 0.296. The largest absolute Gasteiger partial charge is 0.497 e. The van der Waals surface area contributed by atoms with Crippen LogP contribution in [0.1, 0.15) is 12.8 Å². The van der Waals surface area contributed by atoms with Crippen molar-refractivity contribution in [1.29, 1.82) is 0 Å². The monoisotopic (exact) mass is 486 g/mol. The highest BCUT2D eigenvalue weighted by Crippen LogP contribution is 2.39. The van der Waals surface area contributed by atoms with E-state index in [2.05, 4.69) is 30.5 Å². The molecule has 2 aromatic carbocycles. The molecule has 0 bridgehead atoms. The zero-order chi connectivity index (χ0) is 25.1. The van der Waals surface area contributed by atoms with Gasteiger partial charge in [0.25, 0.3) is 0 Å². The van der Waals surface area contributed by atoms with Crippen LogP contribution in [0.4, 0.5) is 23.1 Å². The highest BCUT2D eigenvalue weighted by Gasteiger charge is 2.48. The highest BCUT2D eigenvalue weighted by atomic mass is 16.5. The fourth-order valence-corrected chi connectivity index (χ4v) is 4.32. The number of aromatic nitrogens is 3. The summed E-state index contributed by atoms with van der Waals surface area (Å²) in [4.78, 5) is 15.5. The second-order valence-electron chi connectivity index (χ2n) is 9.02. The standard InChI is InChI=1S/C27H30N6O3/c1-33(2)27(35-4)15-23(16-27)36-21-9-6-19(7-10-21)31-26-28-12-11-25(32-26)30-20-13-18-5-8-22(34-3)14-24(18)29-17-20/h5-14,17,23H,15-16H2,1-4H3,(H2,28,30,31,32). The second kappa shape index (κ2) is 9.96. The quantitative estimate of drug-likeness (QED) is 0.318. The number of fused-ring (bicyclic) bond motifs is 1. The van der Waals surface area contributed by atoms with Gasteiger partial charge in [-0.05, 0) is 62.6 Å². The van der Waals surface area contributed by atoms with Crippen molar-refractivity contribution in [2.75, 3.05) is 38.9 Å². The van der Waals surface area contributed by atoms with E-state index in [9.17, 15) is 0 Å². The fourth-order valence-electron chi connectivity index (χ4n) is 4.32. The van der Waals surface area contributed by atoms with Crippen molar-refractivity contribution in [2.45, 2.75) is 24.7 Å². The summed E-state index contributed by atoms with van der Waals surface area (Å²) in [6, 6.07) is 17.4. The zero-order valence-electron chi connectivity index (χ0n) is 20.9. The van der Waals surface area contributed by atoms with E-state index in [1.54, 1.807) is 26.6 Å². The number of rotatable bonds is 9. The molecule has 2 N–H and O–H groups in total. The number of methoxy groups -OCH3 is 2. The molecule has 4 aromatic rings. The molecule has 36 heavy (non-hydrogen) atoms. The minimum absolute atomic E-state index is 0.142. The molecule has 0 unspecified atom stereocenters. The molecular weight excluding hydrogens is 456 g/mol. The summed E-state index contributed by atoms with van der Waals surface area (Å²) in [5, 5.41) is 7.55. The Bertz CT molecular complexity index is 1340. The number of pyridine rings is 1. The van der Waals surface area contributed by atoms with Gasteiger partial charge >= 0.3 is 0 Å². The van der Waals surface area contributed by atoms with E-state index in [4.69, 9.17) is 14.2 Å². The lowest BCUT2D eigenvalue weighted by Crippen LogP contribution is -2.59. The molecule has 2 heterocycles. The van der Waals surface area contributed by atoms with Crippen LogP contribution in [0.2, 0.25) is 0 Å². The molecule has 9 nitrogen and oxygen atoms in total. The predicted molar refractivity (Wildman–Crippen MR) is 140 cm³/mol. The van der Waals surface area contributed by atoms with Crippen LogP contribution in [-0.2, 0) is 4.74 Å². The lowest BCUT2D eigenvalue weighted by atomic mass is 9.83. The molecule has 0 radical (unpaired) electrons. The summed E-state index contributed by atoms with van der Waals surface area (Å²) < 4.78 is 17.0. The van der Waals surface area contributed by atoms with E-state index < -0.39 is 0 Å². The van der Waals surface area contributed by atoms with Gasteiger partial charge in [-0.1, -0.05) is 0 Å². The smallest absolute Gasteiger partial charge is 0.229 e. The Morgan fingerprint density at radius 2 is 1.67 bits per heavy atom. The third kappa shape index (κ3) is 5.02. The topological polar surface area (TPSA) is 93.7 Å². The average Bonchev–Trinajstić information content (AvgIpc) is 2.86. The van der Waals surface area contributed by atoms with Gasteiger partial charge in [0, 0.05) is 43.3 Å².